The Hall–Kier alpha value is -1.99. The third-order valence-corrected chi connectivity index (χ3v) is 2.86. The average molecular weight is 320 g/mol. The van der Waals surface area contributed by atoms with Crippen molar-refractivity contribution in [3.8, 4) is 0 Å². The zero-order valence-electron chi connectivity index (χ0n) is 10.3. The highest BCUT2D eigenvalue weighted by molar-refractivity contribution is 6.40. The smallest absolute Gasteiger partial charge is 0.335 e. The fourth-order valence-corrected chi connectivity index (χ4v) is 1.91. The van der Waals surface area contributed by atoms with Gasteiger partial charge in [0.15, 0.2) is 0 Å². The molecule has 1 aromatic rings. The molecule has 0 unspecified atom stereocenters. The highest BCUT2D eigenvalue weighted by atomic mass is 35.5. The number of nitrogens with two attached hydrogens (primary N) is 1. The molecule has 1 aromatic carbocycles. The van der Waals surface area contributed by atoms with Crippen LogP contribution in [0.1, 0.15) is 10.4 Å². The van der Waals surface area contributed by atoms with Crippen molar-refractivity contribution in [1.29, 1.82) is 0 Å². The standard InChI is InChI=1S/C11H11Cl2N3O4/c1-16(4-8(14)17)11(20)15-9-6(12)2-5(10(18)19)3-7(9)13/h2-3H,4H2,1H3,(H2,14,17)(H,15,20)(H,18,19). The molecule has 0 saturated carbocycles. The summed E-state index contributed by atoms with van der Waals surface area (Å²) in [5.41, 5.74) is 4.91. The van der Waals surface area contributed by atoms with Crippen molar-refractivity contribution < 1.29 is 19.5 Å². The number of carboxylic acids is 1. The van der Waals surface area contributed by atoms with Gasteiger partial charge in [-0.3, -0.25) is 4.79 Å². The van der Waals surface area contributed by atoms with Crippen LogP contribution >= 0.6 is 23.2 Å². The molecule has 20 heavy (non-hydrogen) atoms. The van der Waals surface area contributed by atoms with Crippen molar-refractivity contribution >= 4 is 46.8 Å². The molecule has 0 aromatic heterocycles. The van der Waals surface area contributed by atoms with Gasteiger partial charge in [-0.15, -0.1) is 0 Å². The number of aromatic carboxylic acids is 1. The Bertz CT molecular complexity index is 554. The van der Waals surface area contributed by atoms with E-state index in [0.29, 0.717) is 0 Å². The maximum atomic E-state index is 11.7. The molecule has 0 atom stereocenters. The number of halogens is 2. The van der Waals surface area contributed by atoms with Gasteiger partial charge < -0.3 is 21.1 Å². The SMILES string of the molecule is CN(CC(N)=O)C(=O)Nc1c(Cl)cc(C(=O)O)cc1Cl. The molecule has 0 aliphatic carbocycles. The van der Waals surface area contributed by atoms with Gasteiger partial charge in [-0.2, -0.15) is 0 Å². The van der Waals surface area contributed by atoms with Crippen molar-refractivity contribution in [3.63, 3.8) is 0 Å². The summed E-state index contributed by atoms with van der Waals surface area (Å²) in [7, 11) is 1.35. The lowest BCUT2D eigenvalue weighted by Gasteiger charge is -2.17. The number of nitrogens with one attached hydrogen (secondary N) is 1. The van der Waals surface area contributed by atoms with Crippen LogP contribution < -0.4 is 11.1 Å². The number of likely N-dealkylation sites (N-methyl/N-ethyl adjacent to an activating group) is 1. The van der Waals surface area contributed by atoms with Crippen LogP contribution in [0.25, 0.3) is 0 Å². The number of anilines is 1. The number of hydrogen-bond donors (Lipinski definition) is 3. The van der Waals surface area contributed by atoms with Crippen LogP contribution in [0, 0.1) is 0 Å². The first kappa shape index (κ1) is 16.1. The van der Waals surface area contributed by atoms with Crippen LogP contribution in [-0.2, 0) is 4.79 Å². The van der Waals surface area contributed by atoms with E-state index < -0.39 is 17.9 Å². The number of carboxylic acid groups (broad SMARTS) is 1. The number of carbonyl (C=O) groups is 3. The minimum Gasteiger partial charge on any atom is -0.478 e. The summed E-state index contributed by atoms with van der Waals surface area (Å²) in [6, 6.07) is 1.65. The molecule has 0 radical (unpaired) electrons. The Balaban J connectivity index is 2.96. The molecule has 108 valence electrons. The predicted octanol–water partition coefficient (Wildman–Crippen LogP) is 1.64. The van der Waals surface area contributed by atoms with Crippen LogP contribution in [-0.4, -0.2) is 41.5 Å². The van der Waals surface area contributed by atoms with Crippen LogP contribution in [0.15, 0.2) is 12.1 Å². The Morgan fingerprint density at radius 1 is 1.30 bits per heavy atom. The number of hydrogen-bond acceptors (Lipinski definition) is 3. The third-order valence-electron chi connectivity index (χ3n) is 2.26. The first-order valence-electron chi connectivity index (χ1n) is 5.25. The van der Waals surface area contributed by atoms with E-state index in [1.165, 1.54) is 7.05 Å². The van der Waals surface area contributed by atoms with Crippen molar-refractivity contribution in [2.45, 2.75) is 0 Å². The largest absolute Gasteiger partial charge is 0.478 e. The highest BCUT2D eigenvalue weighted by Gasteiger charge is 2.17. The molecule has 0 bridgehead atoms. The minimum absolute atomic E-state index is 0.0317. The van der Waals surface area contributed by atoms with Gasteiger partial charge >= 0.3 is 12.0 Å². The molecule has 3 amide bonds. The number of nitrogens with zero attached hydrogens (tertiary/aromatic N) is 1. The Labute approximate surface area is 124 Å². The number of amides is 3. The third kappa shape index (κ3) is 4.01. The zero-order chi connectivity index (χ0) is 15.4. The summed E-state index contributed by atoms with van der Waals surface area (Å²) in [5.74, 6) is -1.88. The lowest BCUT2D eigenvalue weighted by Crippen LogP contribution is -2.38. The van der Waals surface area contributed by atoms with Crippen LogP contribution in [0.4, 0.5) is 10.5 Å². The molecular formula is C11H11Cl2N3O4. The van der Waals surface area contributed by atoms with Crippen molar-refractivity contribution in [1.82, 2.24) is 4.90 Å². The molecule has 0 spiro atoms. The van der Waals surface area contributed by atoms with Crippen molar-refractivity contribution in [3.05, 3.63) is 27.7 Å². The second kappa shape index (κ2) is 6.44. The predicted molar refractivity (Wildman–Crippen MR) is 74.3 cm³/mol. The lowest BCUT2D eigenvalue weighted by molar-refractivity contribution is -0.118. The average Bonchev–Trinajstić information content (AvgIpc) is 2.32. The summed E-state index contributed by atoms with van der Waals surface area (Å²) >= 11 is 11.7. The second-order valence-corrected chi connectivity index (χ2v) is 4.69. The van der Waals surface area contributed by atoms with Gasteiger partial charge in [0.2, 0.25) is 5.91 Å². The molecule has 4 N–H and O–H groups in total. The molecule has 0 aliphatic rings. The number of urea groups is 1. The molecule has 0 heterocycles. The fraction of sp³-hybridized carbons (Fsp3) is 0.182. The Morgan fingerprint density at radius 2 is 1.80 bits per heavy atom. The van der Waals surface area contributed by atoms with E-state index in [1.54, 1.807) is 0 Å². The van der Waals surface area contributed by atoms with Crippen LogP contribution in [0.5, 0.6) is 0 Å². The normalized spacial score (nSPS) is 9.95. The van der Waals surface area contributed by atoms with Crippen molar-refractivity contribution in [2.75, 3.05) is 18.9 Å². The summed E-state index contributed by atoms with van der Waals surface area (Å²) in [6.45, 7) is -0.283. The van der Waals surface area contributed by atoms with Crippen LogP contribution in [0.2, 0.25) is 10.0 Å². The van der Waals surface area contributed by atoms with Gasteiger partial charge in [-0.1, -0.05) is 23.2 Å². The summed E-state index contributed by atoms with van der Waals surface area (Å²) in [6.07, 6.45) is 0. The molecule has 0 aliphatic heterocycles. The highest BCUT2D eigenvalue weighted by Crippen LogP contribution is 2.32. The van der Waals surface area contributed by atoms with E-state index in [4.69, 9.17) is 34.0 Å². The van der Waals surface area contributed by atoms with Crippen molar-refractivity contribution in [2.24, 2.45) is 5.73 Å². The van der Waals surface area contributed by atoms with Gasteiger partial charge in [-0.05, 0) is 12.1 Å². The van der Waals surface area contributed by atoms with Gasteiger partial charge in [-0.25, -0.2) is 9.59 Å². The first-order chi connectivity index (χ1) is 9.22. The number of benzene rings is 1. The number of primary amides is 1. The number of rotatable bonds is 4. The fourth-order valence-electron chi connectivity index (χ4n) is 1.32. The molecular weight excluding hydrogens is 309 g/mol. The van der Waals surface area contributed by atoms with Gasteiger partial charge in [0.25, 0.3) is 0 Å². The monoisotopic (exact) mass is 319 g/mol. The van der Waals surface area contributed by atoms with Gasteiger partial charge in [0.1, 0.15) is 6.54 Å². The topological polar surface area (TPSA) is 113 Å². The minimum atomic E-state index is -1.20. The second-order valence-electron chi connectivity index (χ2n) is 3.87. The Morgan fingerprint density at radius 3 is 2.20 bits per heavy atom. The maximum absolute atomic E-state index is 11.7. The quantitative estimate of drug-likeness (QED) is 0.782. The summed E-state index contributed by atoms with van der Waals surface area (Å²) in [5, 5.41) is 11.1. The molecule has 0 saturated heterocycles. The lowest BCUT2D eigenvalue weighted by atomic mass is 10.2. The zero-order valence-corrected chi connectivity index (χ0v) is 11.8. The van der Waals surface area contributed by atoms with Gasteiger partial charge in [0, 0.05) is 7.05 Å². The van der Waals surface area contributed by atoms with E-state index in [9.17, 15) is 14.4 Å². The van der Waals surface area contributed by atoms with Crippen LogP contribution in [0.3, 0.4) is 0 Å². The van der Waals surface area contributed by atoms with E-state index in [0.717, 1.165) is 17.0 Å². The summed E-state index contributed by atoms with van der Waals surface area (Å²) < 4.78 is 0. The Kier molecular flexibility index (Phi) is 5.18. The molecule has 7 nitrogen and oxygen atoms in total. The molecule has 0 fully saturated rings. The van der Waals surface area contributed by atoms with E-state index in [2.05, 4.69) is 5.32 Å². The number of carbonyl (C=O) groups excluding carboxylic acids is 2. The first-order valence-corrected chi connectivity index (χ1v) is 6.00. The molecule has 1 rings (SSSR count). The van der Waals surface area contributed by atoms with E-state index in [1.807, 2.05) is 0 Å². The van der Waals surface area contributed by atoms with E-state index >= 15 is 0 Å². The molecule has 9 heteroatoms. The summed E-state index contributed by atoms with van der Waals surface area (Å²) in [4.78, 5) is 34.3. The van der Waals surface area contributed by atoms with Gasteiger partial charge in [0.05, 0.1) is 21.3 Å². The maximum Gasteiger partial charge on any atom is 0.335 e. The van der Waals surface area contributed by atoms with E-state index in [-0.39, 0.29) is 27.8 Å².